The first-order valence-electron chi connectivity index (χ1n) is 11.0. The van der Waals surface area contributed by atoms with E-state index in [-0.39, 0.29) is 11.8 Å². The molecule has 2 aromatic carbocycles. The van der Waals surface area contributed by atoms with Gasteiger partial charge in [-0.3, -0.25) is 9.69 Å². The largest absolute Gasteiger partial charge is 0.493 e. The minimum atomic E-state index is -0.0521. The fourth-order valence-corrected chi connectivity index (χ4v) is 4.28. The van der Waals surface area contributed by atoms with Gasteiger partial charge in [-0.15, -0.1) is 0 Å². The highest BCUT2D eigenvalue weighted by molar-refractivity contribution is 5.83. The highest BCUT2D eigenvalue weighted by Crippen LogP contribution is 2.40. The van der Waals surface area contributed by atoms with E-state index in [0.717, 1.165) is 56.7 Å². The summed E-state index contributed by atoms with van der Waals surface area (Å²) >= 11 is 0. The molecule has 0 N–H and O–H groups in total. The van der Waals surface area contributed by atoms with Crippen molar-refractivity contribution in [1.82, 2.24) is 9.80 Å². The Morgan fingerprint density at radius 2 is 1.58 bits per heavy atom. The lowest BCUT2D eigenvalue weighted by Gasteiger charge is -2.36. The highest BCUT2D eigenvalue weighted by Gasteiger charge is 2.28. The van der Waals surface area contributed by atoms with Crippen LogP contribution in [-0.4, -0.2) is 63.2 Å². The summed E-state index contributed by atoms with van der Waals surface area (Å²) in [6.07, 6.45) is 1.87. The van der Waals surface area contributed by atoms with Gasteiger partial charge in [-0.05, 0) is 18.1 Å². The average molecular weight is 427 g/mol. The summed E-state index contributed by atoms with van der Waals surface area (Å²) in [4.78, 5) is 17.6. The number of piperazine rings is 1. The number of amides is 1. The van der Waals surface area contributed by atoms with E-state index >= 15 is 0 Å². The van der Waals surface area contributed by atoms with Crippen molar-refractivity contribution in [2.45, 2.75) is 32.2 Å². The second-order valence-corrected chi connectivity index (χ2v) is 7.85. The lowest BCUT2D eigenvalue weighted by atomic mass is 9.93. The second kappa shape index (κ2) is 11.0. The van der Waals surface area contributed by atoms with Crippen LogP contribution in [0.5, 0.6) is 17.2 Å². The van der Waals surface area contributed by atoms with E-state index in [4.69, 9.17) is 14.2 Å². The van der Waals surface area contributed by atoms with E-state index in [2.05, 4.69) is 24.0 Å². The van der Waals surface area contributed by atoms with Crippen molar-refractivity contribution in [3.05, 3.63) is 53.6 Å². The Hall–Kier alpha value is -2.73. The predicted octanol–water partition coefficient (Wildman–Crippen LogP) is 3.94. The summed E-state index contributed by atoms with van der Waals surface area (Å²) in [5.41, 5.74) is 2.17. The summed E-state index contributed by atoms with van der Waals surface area (Å²) < 4.78 is 16.5. The molecule has 6 heteroatoms. The number of hydrogen-bond acceptors (Lipinski definition) is 5. The molecule has 0 aliphatic carbocycles. The molecule has 1 aliphatic heterocycles. The van der Waals surface area contributed by atoms with Crippen LogP contribution in [0, 0.1) is 0 Å². The zero-order valence-corrected chi connectivity index (χ0v) is 19.1. The fourth-order valence-electron chi connectivity index (χ4n) is 4.28. The third kappa shape index (κ3) is 5.31. The summed E-state index contributed by atoms with van der Waals surface area (Å²) in [6, 6.07) is 14.1. The number of nitrogens with zero attached hydrogens (tertiary/aromatic N) is 2. The first-order valence-corrected chi connectivity index (χ1v) is 11.0. The Kier molecular flexibility index (Phi) is 8.18. The molecule has 168 valence electrons. The molecule has 1 fully saturated rings. The van der Waals surface area contributed by atoms with Crippen molar-refractivity contribution in [3.63, 3.8) is 0 Å². The Labute approximate surface area is 185 Å². The SMILES string of the molecule is CCCC(C(=O)N1CCN(Cc2ccc(OC)c(OC)c2OC)CC1)c1ccccc1. The number of benzene rings is 2. The number of methoxy groups -OCH3 is 3. The van der Waals surface area contributed by atoms with Crippen molar-refractivity contribution in [3.8, 4) is 17.2 Å². The average Bonchev–Trinajstić information content (AvgIpc) is 2.82. The van der Waals surface area contributed by atoms with Crippen molar-refractivity contribution in [1.29, 1.82) is 0 Å². The zero-order chi connectivity index (χ0) is 22.2. The van der Waals surface area contributed by atoms with Crippen LogP contribution in [-0.2, 0) is 11.3 Å². The van der Waals surface area contributed by atoms with Gasteiger partial charge in [0.25, 0.3) is 0 Å². The standard InChI is InChI=1S/C25H34N2O4/c1-5-9-21(19-10-7-6-8-11-19)25(28)27-16-14-26(15-17-27)18-20-12-13-22(29-2)24(31-4)23(20)30-3/h6-8,10-13,21H,5,9,14-18H2,1-4H3. The fraction of sp³-hybridized carbons (Fsp3) is 0.480. The van der Waals surface area contributed by atoms with E-state index in [0.29, 0.717) is 17.2 Å². The molecule has 0 saturated carbocycles. The van der Waals surface area contributed by atoms with E-state index in [1.165, 1.54) is 0 Å². The quantitative estimate of drug-likeness (QED) is 0.608. The molecule has 1 saturated heterocycles. The maximum absolute atomic E-state index is 13.3. The molecule has 1 heterocycles. The number of ether oxygens (including phenoxy) is 3. The number of hydrogen-bond donors (Lipinski definition) is 0. The zero-order valence-electron chi connectivity index (χ0n) is 19.1. The highest BCUT2D eigenvalue weighted by atomic mass is 16.5. The minimum Gasteiger partial charge on any atom is -0.493 e. The van der Waals surface area contributed by atoms with Crippen molar-refractivity contribution >= 4 is 5.91 Å². The van der Waals surface area contributed by atoms with Gasteiger partial charge >= 0.3 is 0 Å². The van der Waals surface area contributed by atoms with Gasteiger partial charge in [0.05, 0.1) is 27.2 Å². The molecular weight excluding hydrogens is 392 g/mol. The van der Waals surface area contributed by atoms with Gasteiger partial charge in [-0.25, -0.2) is 0 Å². The maximum Gasteiger partial charge on any atom is 0.230 e. The predicted molar refractivity (Wildman–Crippen MR) is 122 cm³/mol. The van der Waals surface area contributed by atoms with Crippen molar-refractivity contribution < 1.29 is 19.0 Å². The maximum atomic E-state index is 13.3. The molecule has 0 aromatic heterocycles. The molecule has 0 bridgehead atoms. The van der Waals surface area contributed by atoms with Gasteiger partial charge in [0.1, 0.15) is 0 Å². The Bertz CT molecular complexity index is 848. The molecule has 3 rings (SSSR count). The summed E-state index contributed by atoms with van der Waals surface area (Å²) in [7, 11) is 4.89. The van der Waals surface area contributed by atoms with Crippen LogP contribution in [0.1, 0.15) is 36.8 Å². The van der Waals surface area contributed by atoms with Gasteiger partial charge < -0.3 is 19.1 Å². The van der Waals surface area contributed by atoms with Gasteiger partial charge in [0.2, 0.25) is 11.7 Å². The van der Waals surface area contributed by atoms with E-state index < -0.39 is 0 Å². The molecule has 6 nitrogen and oxygen atoms in total. The lowest BCUT2D eigenvalue weighted by Crippen LogP contribution is -2.49. The van der Waals surface area contributed by atoms with Gasteiger partial charge in [-0.2, -0.15) is 0 Å². The van der Waals surface area contributed by atoms with E-state index in [1.54, 1.807) is 21.3 Å². The molecule has 1 aliphatic rings. The summed E-state index contributed by atoms with van der Waals surface area (Å²) in [5, 5.41) is 0. The molecule has 1 atom stereocenters. The topological polar surface area (TPSA) is 51.2 Å². The third-order valence-corrected chi connectivity index (χ3v) is 5.94. The van der Waals surface area contributed by atoms with Crippen LogP contribution in [0.4, 0.5) is 0 Å². The molecule has 2 aromatic rings. The van der Waals surface area contributed by atoms with Crippen LogP contribution in [0.25, 0.3) is 0 Å². The van der Waals surface area contributed by atoms with Gasteiger partial charge in [0, 0.05) is 38.3 Å². The third-order valence-electron chi connectivity index (χ3n) is 5.94. The first-order chi connectivity index (χ1) is 15.1. The van der Waals surface area contributed by atoms with Crippen LogP contribution in [0.2, 0.25) is 0 Å². The molecule has 1 amide bonds. The molecule has 31 heavy (non-hydrogen) atoms. The summed E-state index contributed by atoms with van der Waals surface area (Å²) in [5.74, 6) is 2.16. The number of carbonyl (C=O) groups is 1. The van der Waals surface area contributed by atoms with Crippen LogP contribution in [0.15, 0.2) is 42.5 Å². The first kappa shape index (κ1) is 22.9. The Morgan fingerprint density at radius 3 is 2.16 bits per heavy atom. The van der Waals surface area contributed by atoms with Crippen molar-refractivity contribution in [2.75, 3.05) is 47.5 Å². The number of carbonyl (C=O) groups excluding carboxylic acids is 1. The lowest BCUT2D eigenvalue weighted by molar-refractivity contribution is -0.134. The Balaban J connectivity index is 1.65. The minimum absolute atomic E-state index is 0.0521. The van der Waals surface area contributed by atoms with Gasteiger partial charge in [-0.1, -0.05) is 49.7 Å². The van der Waals surface area contributed by atoms with E-state index in [1.807, 2.05) is 35.2 Å². The van der Waals surface area contributed by atoms with Crippen LogP contribution >= 0.6 is 0 Å². The Morgan fingerprint density at radius 1 is 0.903 bits per heavy atom. The van der Waals surface area contributed by atoms with Crippen LogP contribution < -0.4 is 14.2 Å². The molecule has 1 unspecified atom stereocenters. The van der Waals surface area contributed by atoms with Crippen molar-refractivity contribution in [2.24, 2.45) is 0 Å². The van der Waals surface area contributed by atoms with E-state index in [9.17, 15) is 4.79 Å². The van der Waals surface area contributed by atoms with Gasteiger partial charge in [0.15, 0.2) is 11.5 Å². The smallest absolute Gasteiger partial charge is 0.230 e. The molecule has 0 radical (unpaired) electrons. The monoisotopic (exact) mass is 426 g/mol. The molecule has 0 spiro atoms. The summed E-state index contributed by atoms with van der Waals surface area (Å²) in [6.45, 7) is 6.01. The molecular formula is C25H34N2O4. The van der Waals surface area contributed by atoms with Crippen LogP contribution in [0.3, 0.4) is 0 Å². The second-order valence-electron chi connectivity index (χ2n) is 7.85. The number of rotatable bonds is 9. The normalized spacial score (nSPS) is 15.4.